The normalized spacial score (nSPS) is 14.4. The van der Waals surface area contributed by atoms with Gasteiger partial charge in [0.1, 0.15) is 0 Å². The summed E-state index contributed by atoms with van der Waals surface area (Å²) < 4.78 is 40.1. The molecule has 1 aliphatic rings. The molecule has 0 unspecified atom stereocenters. The topological polar surface area (TPSA) is 70.4 Å². The summed E-state index contributed by atoms with van der Waals surface area (Å²) in [4.78, 5) is 13.1. The van der Waals surface area contributed by atoms with Crippen LogP contribution < -0.4 is 21.3 Å². The number of hydrogen-bond acceptors (Lipinski definition) is 3. The number of nitrogens with two attached hydrogens (primary N) is 1. The highest BCUT2D eigenvalue weighted by molar-refractivity contribution is 7.80. The van der Waals surface area contributed by atoms with Crippen molar-refractivity contribution in [2.45, 2.75) is 25.4 Å². The van der Waals surface area contributed by atoms with Crippen LogP contribution in [0.25, 0.3) is 0 Å². The number of anilines is 3. The van der Waals surface area contributed by atoms with Crippen molar-refractivity contribution in [1.82, 2.24) is 0 Å². The van der Waals surface area contributed by atoms with Gasteiger partial charge in [0.05, 0.1) is 5.56 Å². The Morgan fingerprint density at radius 1 is 0.966 bits per heavy atom. The lowest BCUT2D eigenvalue weighted by atomic mass is 10.1. The van der Waals surface area contributed by atoms with Crippen molar-refractivity contribution < 1.29 is 18.0 Å². The van der Waals surface area contributed by atoms with Gasteiger partial charge in [-0.25, -0.2) is 0 Å². The summed E-state index contributed by atoms with van der Waals surface area (Å²) >= 11 is 5.23. The number of carbonyl (C=O) groups is 1. The average Bonchev–Trinajstić information content (AvgIpc) is 2.68. The van der Waals surface area contributed by atoms with Crippen molar-refractivity contribution in [3.05, 3.63) is 53.6 Å². The smallest absolute Gasteiger partial charge is 0.371 e. The summed E-state index contributed by atoms with van der Waals surface area (Å²) in [5, 5.41) is 5.85. The van der Waals surface area contributed by atoms with Gasteiger partial charge in [0.25, 0.3) is 0 Å². The van der Waals surface area contributed by atoms with E-state index in [1.165, 1.54) is 18.2 Å². The molecule has 9 heteroatoms. The quantitative estimate of drug-likeness (QED) is 0.628. The predicted molar refractivity (Wildman–Crippen MR) is 112 cm³/mol. The number of amides is 1. The lowest BCUT2D eigenvalue weighted by Gasteiger charge is -2.30. The monoisotopic (exact) mass is 422 g/mol. The van der Waals surface area contributed by atoms with Gasteiger partial charge < -0.3 is 21.3 Å². The summed E-state index contributed by atoms with van der Waals surface area (Å²) in [5.74, 6) is -0.550. The van der Waals surface area contributed by atoms with Crippen LogP contribution in [0.4, 0.5) is 30.2 Å². The molecular weight excluding hydrogens is 401 g/mol. The summed E-state index contributed by atoms with van der Waals surface area (Å²) in [5.41, 5.74) is 6.18. The van der Waals surface area contributed by atoms with E-state index in [2.05, 4.69) is 10.6 Å². The maximum atomic E-state index is 13.4. The summed E-state index contributed by atoms with van der Waals surface area (Å²) in [6.07, 6.45) is -1.45. The van der Waals surface area contributed by atoms with E-state index in [0.29, 0.717) is 16.9 Å². The minimum Gasteiger partial charge on any atom is -0.371 e. The Morgan fingerprint density at radius 3 is 2.17 bits per heavy atom. The van der Waals surface area contributed by atoms with Crippen molar-refractivity contribution in [2.75, 3.05) is 28.6 Å². The molecule has 1 fully saturated rings. The fraction of sp³-hybridized carbons (Fsp3) is 0.300. The number of carbonyl (C=O) groups excluding carboxylic acids is 1. The van der Waals surface area contributed by atoms with Crippen LogP contribution in [0, 0.1) is 0 Å². The molecular formula is C20H21F3N4OS. The molecule has 0 bridgehead atoms. The van der Waals surface area contributed by atoms with Crippen LogP contribution >= 0.6 is 12.2 Å². The van der Waals surface area contributed by atoms with E-state index in [0.717, 1.165) is 38.4 Å². The van der Waals surface area contributed by atoms with Gasteiger partial charge in [0, 0.05) is 35.7 Å². The van der Waals surface area contributed by atoms with Crippen LogP contribution in [0.15, 0.2) is 42.5 Å². The lowest BCUT2D eigenvalue weighted by molar-refractivity contribution is -0.137. The van der Waals surface area contributed by atoms with Crippen LogP contribution in [0.5, 0.6) is 0 Å². The molecule has 29 heavy (non-hydrogen) atoms. The number of halogens is 3. The van der Waals surface area contributed by atoms with Crippen molar-refractivity contribution in [1.29, 1.82) is 0 Å². The van der Waals surface area contributed by atoms with Crippen molar-refractivity contribution >= 4 is 40.3 Å². The minimum absolute atomic E-state index is 0.140. The molecule has 4 N–H and O–H groups in total. The summed E-state index contributed by atoms with van der Waals surface area (Å²) in [6.45, 7) is 1.46. The van der Waals surface area contributed by atoms with Gasteiger partial charge in [-0.1, -0.05) is 0 Å². The van der Waals surface area contributed by atoms with Crippen LogP contribution in [0.1, 0.15) is 35.2 Å². The van der Waals surface area contributed by atoms with Gasteiger partial charge >= 0.3 is 6.18 Å². The zero-order valence-corrected chi connectivity index (χ0v) is 16.4. The van der Waals surface area contributed by atoms with E-state index < -0.39 is 17.6 Å². The number of rotatable bonds is 4. The maximum Gasteiger partial charge on any atom is 0.416 e. The number of benzene rings is 2. The highest BCUT2D eigenvalue weighted by Crippen LogP contribution is 2.35. The van der Waals surface area contributed by atoms with Crippen LogP contribution in [-0.2, 0) is 6.18 Å². The first-order valence-electron chi connectivity index (χ1n) is 9.17. The standard InChI is InChI=1S/C20H21F3N4OS/c21-20(22,23)14-10-16(12-17(11-14)27-8-2-1-3-9-27)26-19(29)25-15-6-4-13(5-7-15)18(24)28/h4-7,10-12H,1-3,8-9H2,(H2,24,28)(H2,25,26,29). The molecule has 1 saturated heterocycles. The Labute approximate surface area is 172 Å². The van der Waals surface area contributed by atoms with Crippen LogP contribution in [-0.4, -0.2) is 24.1 Å². The van der Waals surface area contributed by atoms with Crippen molar-refractivity contribution in [2.24, 2.45) is 5.73 Å². The molecule has 154 valence electrons. The SMILES string of the molecule is NC(=O)c1ccc(NC(=S)Nc2cc(N3CCCCC3)cc(C(F)(F)F)c2)cc1. The third-order valence-electron chi connectivity index (χ3n) is 4.65. The number of thiocarbonyl (C=S) groups is 1. The lowest BCUT2D eigenvalue weighted by Crippen LogP contribution is -2.30. The molecule has 0 atom stereocenters. The fourth-order valence-electron chi connectivity index (χ4n) is 3.19. The number of nitrogens with zero attached hydrogens (tertiary/aromatic N) is 1. The van der Waals surface area contributed by atoms with E-state index in [9.17, 15) is 18.0 Å². The minimum atomic E-state index is -4.46. The van der Waals surface area contributed by atoms with Crippen molar-refractivity contribution in [3.8, 4) is 0 Å². The molecule has 1 heterocycles. The molecule has 0 saturated carbocycles. The Morgan fingerprint density at radius 2 is 1.59 bits per heavy atom. The second-order valence-corrected chi connectivity index (χ2v) is 7.24. The van der Waals surface area contributed by atoms with Gasteiger partial charge in [0.2, 0.25) is 5.91 Å². The highest BCUT2D eigenvalue weighted by atomic mass is 32.1. The van der Waals surface area contributed by atoms with E-state index in [-0.39, 0.29) is 10.8 Å². The molecule has 3 rings (SSSR count). The maximum absolute atomic E-state index is 13.4. The Hall–Kier alpha value is -2.81. The first-order valence-corrected chi connectivity index (χ1v) is 9.58. The van der Waals surface area contributed by atoms with Crippen LogP contribution in [0.2, 0.25) is 0 Å². The predicted octanol–water partition coefficient (Wildman–Crippen LogP) is 4.60. The number of primary amides is 1. The molecule has 1 aliphatic heterocycles. The van der Waals surface area contributed by atoms with Crippen molar-refractivity contribution in [3.63, 3.8) is 0 Å². The Balaban J connectivity index is 1.77. The van der Waals surface area contributed by atoms with Gasteiger partial charge in [-0.2, -0.15) is 13.2 Å². The molecule has 0 aliphatic carbocycles. The molecule has 1 amide bonds. The molecule has 0 radical (unpaired) electrons. The van der Waals surface area contributed by atoms with Gasteiger partial charge in [0.15, 0.2) is 5.11 Å². The third kappa shape index (κ3) is 5.60. The van der Waals surface area contributed by atoms with E-state index >= 15 is 0 Å². The van der Waals surface area contributed by atoms with E-state index in [1.807, 2.05) is 4.90 Å². The van der Waals surface area contributed by atoms with E-state index in [4.69, 9.17) is 18.0 Å². The molecule has 2 aromatic carbocycles. The largest absolute Gasteiger partial charge is 0.416 e. The van der Waals surface area contributed by atoms with E-state index in [1.54, 1.807) is 18.2 Å². The van der Waals surface area contributed by atoms with Gasteiger partial charge in [-0.15, -0.1) is 0 Å². The number of hydrogen-bond donors (Lipinski definition) is 3. The zero-order valence-electron chi connectivity index (χ0n) is 15.6. The summed E-state index contributed by atoms with van der Waals surface area (Å²) in [6, 6.07) is 10.2. The molecule has 5 nitrogen and oxygen atoms in total. The second-order valence-electron chi connectivity index (χ2n) is 6.83. The highest BCUT2D eigenvalue weighted by Gasteiger charge is 2.32. The number of piperidine rings is 1. The molecule has 2 aromatic rings. The van der Waals surface area contributed by atoms with Crippen LogP contribution in [0.3, 0.4) is 0 Å². The fourth-order valence-corrected chi connectivity index (χ4v) is 3.43. The van der Waals surface area contributed by atoms with Gasteiger partial charge in [-0.05, 0) is 73.9 Å². The average molecular weight is 422 g/mol. The first-order chi connectivity index (χ1) is 13.7. The Bertz CT molecular complexity index is 894. The number of alkyl halides is 3. The Kier molecular flexibility index (Phi) is 6.26. The second kappa shape index (κ2) is 8.69. The molecule has 0 aromatic heterocycles. The summed E-state index contributed by atoms with van der Waals surface area (Å²) in [7, 11) is 0. The molecule has 0 spiro atoms. The first kappa shape index (κ1) is 20.9. The third-order valence-corrected chi connectivity index (χ3v) is 4.86. The van der Waals surface area contributed by atoms with Gasteiger partial charge in [-0.3, -0.25) is 4.79 Å². The number of nitrogens with one attached hydrogen (secondary N) is 2. The zero-order chi connectivity index (χ0) is 21.0.